The van der Waals surface area contributed by atoms with Crippen molar-refractivity contribution in [3.63, 3.8) is 0 Å². The zero-order valence-corrected chi connectivity index (χ0v) is 9.96. The number of hydrogen-bond donors (Lipinski definition) is 1. The second-order valence-electron chi connectivity index (χ2n) is 3.60. The van der Waals surface area contributed by atoms with Crippen LogP contribution in [0.1, 0.15) is 6.92 Å². The summed E-state index contributed by atoms with van der Waals surface area (Å²) in [5.41, 5.74) is 6.74. The standard InChI is InChI=1S/C12H14N2OS/c1-9(15)8-12-14(7-6-13)10-4-2-3-5-11(10)16-12/h2-5,8H,6-7,13H2,1H3/b12-8-. The van der Waals surface area contributed by atoms with Gasteiger partial charge in [-0.1, -0.05) is 23.9 Å². The Morgan fingerprint density at radius 3 is 2.94 bits per heavy atom. The molecule has 0 fully saturated rings. The van der Waals surface area contributed by atoms with Gasteiger partial charge in [0.05, 0.1) is 10.7 Å². The molecule has 0 amide bonds. The summed E-state index contributed by atoms with van der Waals surface area (Å²) in [6, 6.07) is 8.12. The fourth-order valence-corrected chi connectivity index (χ4v) is 2.87. The Balaban J connectivity index is 2.37. The number of nitrogens with zero attached hydrogens (tertiary/aromatic N) is 1. The highest BCUT2D eigenvalue weighted by Crippen LogP contribution is 2.45. The number of carbonyl (C=O) groups excluding carboxylic acids is 1. The van der Waals surface area contributed by atoms with Crippen LogP contribution in [0, 0.1) is 0 Å². The number of allylic oxidation sites excluding steroid dienone is 1. The third-order valence-electron chi connectivity index (χ3n) is 2.32. The summed E-state index contributed by atoms with van der Waals surface area (Å²) in [6.07, 6.45) is 1.67. The maximum Gasteiger partial charge on any atom is 0.155 e. The molecule has 16 heavy (non-hydrogen) atoms. The number of thioether (sulfide) groups is 1. The Labute approximate surface area is 99.3 Å². The summed E-state index contributed by atoms with van der Waals surface area (Å²) < 4.78 is 0. The summed E-state index contributed by atoms with van der Waals surface area (Å²) in [5, 5.41) is 0.971. The van der Waals surface area contributed by atoms with Gasteiger partial charge >= 0.3 is 0 Å². The highest BCUT2D eigenvalue weighted by molar-refractivity contribution is 8.03. The van der Waals surface area contributed by atoms with Gasteiger partial charge in [-0.2, -0.15) is 0 Å². The van der Waals surface area contributed by atoms with Gasteiger partial charge in [0.2, 0.25) is 0 Å². The molecular weight excluding hydrogens is 220 g/mol. The molecule has 0 unspecified atom stereocenters. The SMILES string of the molecule is CC(=O)/C=C1\Sc2ccccc2N1CCN. The van der Waals surface area contributed by atoms with Crippen molar-refractivity contribution < 1.29 is 4.79 Å². The van der Waals surface area contributed by atoms with E-state index in [1.165, 1.54) is 4.90 Å². The van der Waals surface area contributed by atoms with Crippen molar-refractivity contribution in [3.05, 3.63) is 35.4 Å². The fraction of sp³-hybridized carbons (Fsp3) is 0.250. The van der Waals surface area contributed by atoms with Gasteiger partial charge in [0.1, 0.15) is 0 Å². The van der Waals surface area contributed by atoms with E-state index in [4.69, 9.17) is 5.73 Å². The van der Waals surface area contributed by atoms with Crippen LogP contribution in [0.3, 0.4) is 0 Å². The van der Waals surface area contributed by atoms with Gasteiger partial charge in [0, 0.05) is 24.1 Å². The second kappa shape index (κ2) is 4.72. The summed E-state index contributed by atoms with van der Waals surface area (Å²) in [6.45, 7) is 2.88. The first-order valence-electron chi connectivity index (χ1n) is 5.19. The summed E-state index contributed by atoms with van der Waals surface area (Å²) in [4.78, 5) is 14.4. The van der Waals surface area contributed by atoms with E-state index in [0.717, 1.165) is 17.3 Å². The van der Waals surface area contributed by atoms with E-state index in [1.807, 2.05) is 12.1 Å². The number of rotatable bonds is 3. The average Bonchev–Trinajstić information content (AvgIpc) is 2.57. The molecule has 0 bridgehead atoms. The van der Waals surface area contributed by atoms with Crippen LogP contribution in [0.2, 0.25) is 0 Å². The average molecular weight is 234 g/mol. The van der Waals surface area contributed by atoms with Crippen LogP contribution in [0.5, 0.6) is 0 Å². The first kappa shape index (κ1) is 11.2. The molecular formula is C12H14N2OS. The third kappa shape index (κ3) is 2.13. The van der Waals surface area contributed by atoms with E-state index in [0.29, 0.717) is 6.54 Å². The van der Waals surface area contributed by atoms with E-state index in [2.05, 4.69) is 17.0 Å². The number of hydrogen-bond acceptors (Lipinski definition) is 4. The molecule has 0 spiro atoms. The monoisotopic (exact) mass is 234 g/mol. The molecule has 0 saturated carbocycles. The summed E-state index contributed by atoms with van der Waals surface area (Å²) in [5.74, 6) is 0.0670. The molecule has 4 heteroatoms. The van der Waals surface area contributed by atoms with Crippen LogP contribution in [0.25, 0.3) is 0 Å². The molecule has 1 aromatic rings. The normalized spacial score (nSPS) is 16.6. The van der Waals surface area contributed by atoms with Gasteiger partial charge in [-0.05, 0) is 19.1 Å². The van der Waals surface area contributed by atoms with Gasteiger partial charge in [-0.15, -0.1) is 0 Å². The largest absolute Gasteiger partial charge is 0.334 e. The minimum atomic E-state index is 0.0670. The van der Waals surface area contributed by atoms with Crippen LogP contribution >= 0.6 is 11.8 Å². The minimum Gasteiger partial charge on any atom is -0.334 e. The lowest BCUT2D eigenvalue weighted by atomic mass is 10.3. The molecule has 1 aliphatic heterocycles. The van der Waals surface area contributed by atoms with Crippen molar-refractivity contribution in [2.24, 2.45) is 5.73 Å². The lowest BCUT2D eigenvalue weighted by Gasteiger charge is -2.18. The Bertz CT molecular complexity index is 442. The molecule has 1 aliphatic rings. The fourth-order valence-electron chi connectivity index (χ4n) is 1.69. The van der Waals surface area contributed by atoms with E-state index in [-0.39, 0.29) is 5.78 Å². The predicted octanol–water partition coefficient (Wildman–Crippen LogP) is 1.99. The van der Waals surface area contributed by atoms with Gasteiger partial charge in [0.15, 0.2) is 5.78 Å². The van der Waals surface area contributed by atoms with E-state index in [1.54, 1.807) is 24.8 Å². The molecule has 0 aliphatic carbocycles. The molecule has 84 valence electrons. The molecule has 0 aromatic heterocycles. The lowest BCUT2D eigenvalue weighted by Crippen LogP contribution is -2.25. The number of ketones is 1. The van der Waals surface area contributed by atoms with Crippen molar-refractivity contribution in [2.45, 2.75) is 11.8 Å². The Morgan fingerprint density at radius 2 is 2.25 bits per heavy atom. The van der Waals surface area contributed by atoms with Gasteiger partial charge in [-0.3, -0.25) is 4.79 Å². The van der Waals surface area contributed by atoms with E-state index >= 15 is 0 Å². The molecule has 1 aromatic carbocycles. The minimum absolute atomic E-state index is 0.0670. The van der Waals surface area contributed by atoms with Crippen molar-refractivity contribution in [3.8, 4) is 0 Å². The summed E-state index contributed by atoms with van der Waals surface area (Å²) >= 11 is 1.62. The molecule has 0 radical (unpaired) electrons. The van der Waals surface area contributed by atoms with Gasteiger partial charge < -0.3 is 10.6 Å². The molecule has 0 atom stereocenters. The Hall–Kier alpha value is -1.26. The van der Waals surface area contributed by atoms with Crippen LogP contribution in [0.15, 0.2) is 40.3 Å². The molecule has 3 nitrogen and oxygen atoms in total. The second-order valence-corrected chi connectivity index (χ2v) is 4.67. The van der Waals surface area contributed by atoms with Crippen molar-refractivity contribution in [1.82, 2.24) is 0 Å². The number of fused-ring (bicyclic) bond motifs is 1. The maximum atomic E-state index is 11.2. The zero-order valence-electron chi connectivity index (χ0n) is 9.14. The van der Waals surface area contributed by atoms with Crippen LogP contribution in [0.4, 0.5) is 5.69 Å². The number of benzene rings is 1. The lowest BCUT2D eigenvalue weighted by molar-refractivity contribution is -0.112. The molecule has 2 rings (SSSR count). The smallest absolute Gasteiger partial charge is 0.155 e. The van der Waals surface area contributed by atoms with Crippen molar-refractivity contribution in [2.75, 3.05) is 18.0 Å². The number of anilines is 1. The zero-order chi connectivity index (χ0) is 11.5. The van der Waals surface area contributed by atoms with Gasteiger partial charge in [0.25, 0.3) is 0 Å². The van der Waals surface area contributed by atoms with Crippen LogP contribution < -0.4 is 10.6 Å². The molecule has 0 saturated heterocycles. The molecule has 2 N–H and O–H groups in total. The number of para-hydroxylation sites is 1. The Kier molecular flexibility index (Phi) is 3.31. The first-order valence-corrected chi connectivity index (χ1v) is 6.01. The Morgan fingerprint density at radius 1 is 1.50 bits per heavy atom. The van der Waals surface area contributed by atoms with Crippen LogP contribution in [-0.2, 0) is 4.79 Å². The highest BCUT2D eigenvalue weighted by atomic mass is 32.2. The quantitative estimate of drug-likeness (QED) is 0.812. The van der Waals surface area contributed by atoms with E-state index < -0.39 is 0 Å². The van der Waals surface area contributed by atoms with Crippen molar-refractivity contribution >= 4 is 23.2 Å². The van der Waals surface area contributed by atoms with E-state index in [9.17, 15) is 4.79 Å². The number of nitrogens with two attached hydrogens (primary N) is 1. The highest BCUT2D eigenvalue weighted by Gasteiger charge is 2.23. The topological polar surface area (TPSA) is 46.3 Å². The van der Waals surface area contributed by atoms with Gasteiger partial charge in [-0.25, -0.2) is 0 Å². The first-order chi connectivity index (χ1) is 7.72. The number of carbonyl (C=O) groups is 1. The third-order valence-corrected chi connectivity index (χ3v) is 3.43. The molecule has 1 heterocycles. The summed E-state index contributed by atoms with van der Waals surface area (Å²) in [7, 11) is 0. The maximum absolute atomic E-state index is 11.2. The predicted molar refractivity (Wildman–Crippen MR) is 67.5 cm³/mol. The van der Waals surface area contributed by atoms with Crippen molar-refractivity contribution in [1.29, 1.82) is 0 Å². The van der Waals surface area contributed by atoms with Crippen LogP contribution in [-0.4, -0.2) is 18.9 Å².